The third kappa shape index (κ3) is 5.95. The first-order valence-corrected chi connectivity index (χ1v) is 11.2. The normalized spacial score (nSPS) is 19.9. The highest BCUT2D eigenvalue weighted by Crippen LogP contribution is 2.28. The number of carbonyl (C=O) groups is 2. The van der Waals surface area contributed by atoms with Gasteiger partial charge in [0.25, 0.3) is 0 Å². The number of hydrogen-bond donors (Lipinski definition) is 0. The summed E-state index contributed by atoms with van der Waals surface area (Å²) in [6.45, 7) is 2.63. The molecule has 0 aromatic heterocycles. The van der Waals surface area contributed by atoms with E-state index >= 15 is 0 Å². The van der Waals surface area contributed by atoms with E-state index in [-0.39, 0.29) is 28.6 Å². The predicted molar refractivity (Wildman–Crippen MR) is 120 cm³/mol. The van der Waals surface area contributed by atoms with Gasteiger partial charge in [-0.3, -0.25) is 9.69 Å². The molecule has 1 unspecified atom stereocenters. The summed E-state index contributed by atoms with van der Waals surface area (Å²) < 4.78 is 11.2. The molecule has 1 aliphatic rings. The summed E-state index contributed by atoms with van der Waals surface area (Å²) in [6, 6.07) is 19.2. The number of carbonyl (C=O) groups excluding carboxylic acids is 2. The molecule has 0 N–H and O–H groups in total. The van der Waals surface area contributed by atoms with Crippen LogP contribution in [0.5, 0.6) is 0 Å². The van der Waals surface area contributed by atoms with Crippen LogP contribution in [0, 0.1) is 0 Å². The Morgan fingerprint density at radius 1 is 1.10 bits per heavy atom. The fourth-order valence-electron chi connectivity index (χ4n) is 3.56. The summed E-state index contributed by atoms with van der Waals surface area (Å²) in [5.41, 5.74) is 1.95. The summed E-state index contributed by atoms with van der Waals surface area (Å²) in [6.07, 6.45) is 1.48. The maximum atomic E-state index is 13.1. The van der Waals surface area contributed by atoms with Crippen molar-refractivity contribution in [2.75, 3.05) is 0 Å². The van der Waals surface area contributed by atoms with Crippen LogP contribution in [0.4, 0.5) is 4.79 Å². The summed E-state index contributed by atoms with van der Waals surface area (Å²) in [5, 5.41) is 0. The van der Waals surface area contributed by atoms with E-state index in [9.17, 15) is 9.59 Å². The Hall–Kier alpha value is -2.09. The summed E-state index contributed by atoms with van der Waals surface area (Å²) in [4.78, 5) is 26.9. The third-order valence-electron chi connectivity index (χ3n) is 5.11. The van der Waals surface area contributed by atoms with Gasteiger partial charge < -0.3 is 9.47 Å². The number of ether oxygens (including phenoxy) is 2. The van der Waals surface area contributed by atoms with Gasteiger partial charge in [-0.05, 0) is 30.4 Å². The molecule has 1 saturated heterocycles. The Labute approximate surface area is 185 Å². The summed E-state index contributed by atoms with van der Waals surface area (Å²) in [7, 11) is 0. The summed E-state index contributed by atoms with van der Waals surface area (Å²) in [5.74, 6) is -0.197. The van der Waals surface area contributed by atoms with E-state index in [1.54, 1.807) is 4.90 Å². The van der Waals surface area contributed by atoms with Gasteiger partial charge >= 0.3 is 12.1 Å². The molecule has 2 aromatic rings. The van der Waals surface area contributed by atoms with Crippen LogP contribution in [0.2, 0.25) is 0 Å². The van der Waals surface area contributed by atoms with Gasteiger partial charge in [0.1, 0.15) is 16.6 Å². The molecule has 1 fully saturated rings. The molecule has 154 valence electrons. The van der Waals surface area contributed by atoms with Crippen LogP contribution < -0.4 is 0 Å². The molecule has 0 radical (unpaired) electrons. The minimum Gasteiger partial charge on any atom is -0.459 e. The molecule has 0 aliphatic carbocycles. The lowest BCUT2D eigenvalue weighted by atomic mass is 9.98. The molecule has 29 heavy (non-hydrogen) atoms. The first-order valence-electron chi connectivity index (χ1n) is 9.94. The fourth-order valence-corrected chi connectivity index (χ4v) is 4.07. The highest BCUT2D eigenvalue weighted by Gasteiger charge is 2.37. The number of esters is 1. The molecular formula is C23H26INO4. The van der Waals surface area contributed by atoms with Crippen molar-refractivity contribution in [2.45, 2.75) is 55.4 Å². The van der Waals surface area contributed by atoms with Crippen molar-refractivity contribution in [3.8, 4) is 0 Å². The molecule has 3 atom stereocenters. The van der Waals surface area contributed by atoms with Gasteiger partial charge in [-0.2, -0.15) is 0 Å². The molecule has 6 heteroatoms. The van der Waals surface area contributed by atoms with Crippen molar-refractivity contribution < 1.29 is 19.1 Å². The maximum Gasteiger partial charge on any atom is 0.410 e. The zero-order valence-corrected chi connectivity index (χ0v) is 18.7. The SMILES string of the molecule is CC[C@@H]([C@@H]1CCC(I)C(=O)O1)N(Cc1ccccc1)C(=O)OCc1ccccc1. The number of rotatable bonds is 7. The lowest BCUT2D eigenvalue weighted by molar-refractivity contribution is -0.156. The second-order valence-electron chi connectivity index (χ2n) is 7.15. The lowest BCUT2D eigenvalue weighted by Gasteiger charge is -2.38. The Morgan fingerprint density at radius 2 is 1.72 bits per heavy atom. The van der Waals surface area contributed by atoms with Crippen LogP contribution in [0.1, 0.15) is 37.3 Å². The zero-order valence-electron chi connectivity index (χ0n) is 16.5. The second kappa shape index (κ2) is 10.6. The van der Waals surface area contributed by atoms with Gasteiger partial charge in [0.15, 0.2) is 0 Å². The van der Waals surface area contributed by atoms with Gasteiger partial charge in [0, 0.05) is 6.54 Å². The van der Waals surface area contributed by atoms with E-state index in [4.69, 9.17) is 9.47 Å². The van der Waals surface area contributed by atoms with E-state index in [1.165, 1.54) is 0 Å². The van der Waals surface area contributed by atoms with Gasteiger partial charge in [-0.25, -0.2) is 4.79 Å². The van der Waals surface area contributed by atoms with Gasteiger partial charge in [0.05, 0.1) is 6.04 Å². The van der Waals surface area contributed by atoms with Gasteiger partial charge in [-0.15, -0.1) is 0 Å². The van der Waals surface area contributed by atoms with E-state index in [2.05, 4.69) is 22.6 Å². The van der Waals surface area contributed by atoms with Crippen molar-refractivity contribution in [3.05, 3.63) is 71.8 Å². The van der Waals surface area contributed by atoms with Crippen LogP contribution >= 0.6 is 22.6 Å². The molecule has 3 rings (SSSR count). The highest BCUT2D eigenvalue weighted by molar-refractivity contribution is 14.1. The average molecular weight is 507 g/mol. The smallest absolute Gasteiger partial charge is 0.410 e. The Morgan fingerprint density at radius 3 is 2.31 bits per heavy atom. The molecule has 0 bridgehead atoms. The first kappa shape index (κ1) is 21.6. The van der Waals surface area contributed by atoms with Crippen molar-refractivity contribution in [3.63, 3.8) is 0 Å². The first-order chi connectivity index (χ1) is 14.1. The summed E-state index contributed by atoms with van der Waals surface area (Å²) >= 11 is 2.12. The Balaban J connectivity index is 1.77. The monoisotopic (exact) mass is 507 g/mol. The van der Waals surface area contributed by atoms with Crippen LogP contribution in [0.3, 0.4) is 0 Å². The molecule has 1 amide bonds. The van der Waals surface area contributed by atoms with E-state index in [1.807, 2.05) is 67.6 Å². The molecule has 1 heterocycles. The molecular weight excluding hydrogens is 481 g/mol. The number of nitrogens with zero attached hydrogens (tertiary/aromatic N) is 1. The quantitative estimate of drug-likeness (QED) is 0.297. The largest absolute Gasteiger partial charge is 0.459 e. The van der Waals surface area contributed by atoms with Crippen LogP contribution in [0.15, 0.2) is 60.7 Å². The number of benzene rings is 2. The zero-order chi connectivity index (χ0) is 20.6. The lowest BCUT2D eigenvalue weighted by Crippen LogP contribution is -2.50. The number of amides is 1. The minimum atomic E-state index is -0.391. The average Bonchev–Trinajstić information content (AvgIpc) is 2.75. The van der Waals surface area contributed by atoms with E-state index in [0.29, 0.717) is 13.0 Å². The maximum absolute atomic E-state index is 13.1. The standard InChI is InChI=1S/C23H26INO4/c1-2-20(21-14-13-19(24)22(26)29-21)25(15-17-9-5-3-6-10-17)23(27)28-16-18-11-7-4-8-12-18/h3-12,19-21H,2,13-16H2,1H3/t19?,20-,21-/m0/s1. The van der Waals surface area contributed by atoms with Crippen molar-refractivity contribution in [1.82, 2.24) is 4.90 Å². The predicted octanol–water partition coefficient (Wildman–Crippen LogP) is 5.11. The van der Waals surface area contributed by atoms with Crippen molar-refractivity contribution >= 4 is 34.7 Å². The van der Waals surface area contributed by atoms with Crippen molar-refractivity contribution in [1.29, 1.82) is 0 Å². The van der Waals surface area contributed by atoms with Gasteiger partial charge in [0.2, 0.25) is 0 Å². The van der Waals surface area contributed by atoms with Crippen LogP contribution in [-0.2, 0) is 27.4 Å². The number of alkyl halides is 1. The minimum absolute atomic E-state index is 0.117. The molecule has 5 nitrogen and oxygen atoms in total. The van der Waals surface area contributed by atoms with Crippen LogP contribution in [0.25, 0.3) is 0 Å². The topological polar surface area (TPSA) is 55.8 Å². The number of hydrogen-bond acceptors (Lipinski definition) is 4. The number of halogens is 1. The van der Waals surface area contributed by atoms with Crippen LogP contribution in [-0.4, -0.2) is 33.0 Å². The molecule has 2 aromatic carbocycles. The van der Waals surface area contributed by atoms with E-state index in [0.717, 1.165) is 24.0 Å². The van der Waals surface area contributed by atoms with Crippen molar-refractivity contribution in [2.24, 2.45) is 0 Å². The number of cyclic esters (lactones) is 1. The Bertz CT molecular complexity index is 799. The fraction of sp³-hybridized carbons (Fsp3) is 0.391. The Kier molecular flexibility index (Phi) is 7.91. The molecule has 0 spiro atoms. The van der Waals surface area contributed by atoms with E-state index < -0.39 is 6.09 Å². The van der Waals surface area contributed by atoms with Gasteiger partial charge in [-0.1, -0.05) is 90.2 Å². The highest BCUT2D eigenvalue weighted by atomic mass is 127. The second-order valence-corrected chi connectivity index (χ2v) is 8.65. The molecule has 1 aliphatic heterocycles. The third-order valence-corrected chi connectivity index (χ3v) is 6.24. The molecule has 0 saturated carbocycles.